The van der Waals surface area contributed by atoms with Crippen LogP contribution >= 0.6 is 23.1 Å². The molecule has 154 valence electrons. The normalized spacial score (nSPS) is 12.0. The first kappa shape index (κ1) is 21.3. The van der Waals surface area contributed by atoms with Gasteiger partial charge in [-0.3, -0.25) is 10.1 Å². The number of anilines is 1. The molecule has 0 bridgehead atoms. The van der Waals surface area contributed by atoms with Crippen LogP contribution in [0.2, 0.25) is 0 Å². The van der Waals surface area contributed by atoms with Crippen LogP contribution in [0.15, 0.2) is 23.4 Å². The molecule has 0 saturated heterocycles. The fourth-order valence-corrected chi connectivity index (χ4v) is 4.23. The van der Waals surface area contributed by atoms with Crippen molar-refractivity contribution in [3.05, 3.63) is 40.2 Å². The highest BCUT2D eigenvalue weighted by Gasteiger charge is 2.21. The van der Waals surface area contributed by atoms with Gasteiger partial charge in [0, 0.05) is 6.54 Å². The number of benzene rings is 1. The van der Waals surface area contributed by atoms with Gasteiger partial charge in [0.05, 0.1) is 5.25 Å². The molecule has 3 rings (SSSR count). The average molecular weight is 433 g/mol. The molecule has 0 radical (unpaired) electrons. The molecule has 0 fully saturated rings. The molecule has 2 aromatic heterocycles. The molecule has 8 nitrogen and oxygen atoms in total. The van der Waals surface area contributed by atoms with Gasteiger partial charge in [0.25, 0.3) is 0 Å². The molecule has 1 aromatic carbocycles. The number of nitrogens with one attached hydrogen (secondary N) is 1. The lowest BCUT2D eigenvalue weighted by Gasteiger charge is -2.12. The largest absolute Gasteiger partial charge is 0.485 e. The van der Waals surface area contributed by atoms with Gasteiger partial charge in [0.2, 0.25) is 11.0 Å². The third-order valence-electron chi connectivity index (χ3n) is 4.20. The predicted molar refractivity (Wildman–Crippen MR) is 115 cm³/mol. The summed E-state index contributed by atoms with van der Waals surface area (Å²) in [5.41, 5.74) is 2.28. The van der Waals surface area contributed by atoms with E-state index in [2.05, 4.69) is 38.7 Å². The van der Waals surface area contributed by atoms with Crippen molar-refractivity contribution in [1.82, 2.24) is 25.0 Å². The maximum atomic E-state index is 12.4. The number of aromatic nitrogens is 5. The zero-order valence-corrected chi connectivity index (χ0v) is 18.7. The Bertz CT molecular complexity index is 1000. The van der Waals surface area contributed by atoms with E-state index >= 15 is 0 Å². The van der Waals surface area contributed by atoms with E-state index in [1.165, 1.54) is 28.7 Å². The number of hydrogen-bond donors (Lipinski definition) is 1. The lowest BCUT2D eigenvalue weighted by atomic mass is 10.1. The summed E-state index contributed by atoms with van der Waals surface area (Å²) in [6, 6.07) is 6.07. The first-order valence-corrected chi connectivity index (χ1v) is 11.0. The third kappa shape index (κ3) is 5.33. The molecule has 1 amide bonds. The molecular formula is C19H24N6O2S2. The van der Waals surface area contributed by atoms with Crippen molar-refractivity contribution in [2.24, 2.45) is 0 Å². The highest BCUT2D eigenvalue weighted by molar-refractivity contribution is 8.00. The molecule has 0 saturated carbocycles. The fourth-order valence-electron chi connectivity index (χ4n) is 2.70. The Hall–Kier alpha value is -2.46. The van der Waals surface area contributed by atoms with Gasteiger partial charge in [0.15, 0.2) is 11.0 Å². The maximum Gasteiger partial charge on any atom is 0.239 e. The molecule has 0 spiro atoms. The van der Waals surface area contributed by atoms with E-state index in [1.54, 1.807) is 0 Å². The Labute approximate surface area is 178 Å². The number of aryl methyl sites for hydroxylation is 3. The summed E-state index contributed by atoms with van der Waals surface area (Å²) in [5, 5.41) is 20.8. The standard InChI is InChI=1S/C19H24N6O2S2/c1-6-25-16(10-27-15-8-7-11(2)9-12(15)3)22-24-19(25)28-13(4)17(26)20-18-23-21-14(5)29-18/h7-9,13H,6,10H2,1-5H3,(H,20,23,26). The van der Waals surface area contributed by atoms with Crippen LogP contribution in [-0.2, 0) is 17.9 Å². The Morgan fingerprint density at radius 2 is 2.03 bits per heavy atom. The third-order valence-corrected chi connectivity index (χ3v) is 6.04. The van der Waals surface area contributed by atoms with E-state index in [0.717, 1.165) is 22.1 Å². The van der Waals surface area contributed by atoms with Crippen molar-refractivity contribution in [3.63, 3.8) is 0 Å². The number of thioether (sulfide) groups is 1. The van der Waals surface area contributed by atoms with E-state index in [4.69, 9.17) is 4.74 Å². The number of rotatable bonds is 8. The molecule has 10 heteroatoms. The van der Waals surface area contributed by atoms with Crippen molar-refractivity contribution >= 4 is 34.1 Å². The summed E-state index contributed by atoms with van der Waals surface area (Å²) in [7, 11) is 0. The molecule has 0 aliphatic carbocycles. The quantitative estimate of drug-likeness (QED) is 0.541. The lowest BCUT2D eigenvalue weighted by molar-refractivity contribution is -0.115. The molecule has 0 aliphatic rings. The maximum absolute atomic E-state index is 12.4. The van der Waals surface area contributed by atoms with Gasteiger partial charge in [-0.15, -0.1) is 20.4 Å². The zero-order valence-electron chi connectivity index (χ0n) is 17.1. The van der Waals surface area contributed by atoms with E-state index in [0.29, 0.717) is 23.4 Å². The fraction of sp³-hybridized carbons (Fsp3) is 0.421. The van der Waals surface area contributed by atoms with Gasteiger partial charge in [-0.2, -0.15) is 0 Å². The summed E-state index contributed by atoms with van der Waals surface area (Å²) in [6.45, 7) is 10.8. The van der Waals surface area contributed by atoms with Gasteiger partial charge in [-0.25, -0.2) is 0 Å². The van der Waals surface area contributed by atoms with E-state index in [-0.39, 0.29) is 11.2 Å². The molecule has 1 N–H and O–H groups in total. The van der Waals surface area contributed by atoms with Crippen molar-refractivity contribution in [3.8, 4) is 5.75 Å². The number of carbonyl (C=O) groups is 1. The Morgan fingerprint density at radius 3 is 2.69 bits per heavy atom. The number of ether oxygens (including phenoxy) is 1. The van der Waals surface area contributed by atoms with Gasteiger partial charge in [-0.05, 0) is 46.2 Å². The van der Waals surface area contributed by atoms with Gasteiger partial charge >= 0.3 is 0 Å². The second kappa shape index (κ2) is 9.36. The summed E-state index contributed by atoms with van der Waals surface area (Å²) in [5.74, 6) is 1.41. The predicted octanol–water partition coefficient (Wildman–Crippen LogP) is 3.77. The second-order valence-electron chi connectivity index (χ2n) is 6.58. The molecule has 2 heterocycles. The monoisotopic (exact) mass is 432 g/mol. The molecule has 0 aliphatic heterocycles. The van der Waals surface area contributed by atoms with Crippen molar-refractivity contribution in [1.29, 1.82) is 0 Å². The minimum absolute atomic E-state index is 0.148. The zero-order chi connectivity index (χ0) is 21.0. The van der Waals surface area contributed by atoms with Crippen molar-refractivity contribution in [2.45, 2.75) is 58.2 Å². The summed E-state index contributed by atoms with van der Waals surface area (Å²) >= 11 is 2.70. The van der Waals surface area contributed by atoms with Crippen LogP contribution in [0.25, 0.3) is 0 Å². The van der Waals surface area contributed by atoms with Crippen LogP contribution in [0.4, 0.5) is 5.13 Å². The van der Waals surface area contributed by atoms with Gasteiger partial charge < -0.3 is 9.30 Å². The number of nitrogens with zero attached hydrogens (tertiary/aromatic N) is 5. The highest BCUT2D eigenvalue weighted by Crippen LogP contribution is 2.25. The van der Waals surface area contributed by atoms with Crippen LogP contribution < -0.4 is 10.1 Å². The lowest BCUT2D eigenvalue weighted by Crippen LogP contribution is -2.23. The number of amides is 1. The summed E-state index contributed by atoms with van der Waals surface area (Å²) in [6.07, 6.45) is 0. The Kier molecular flexibility index (Phi) is 6.86. The van der Waals surface area contributed by atoms with Crippen LogP contribution in [0.1, 0.15) is 35.8 Å². The van der Waals surface area contributed by atoms with E-state index in [9.17, 15) is 4.79 Å². The topological polar surface area (TPSA) is 94.8 Å². The number of carbonyl (C=O) groups excluding carboxylic acids is 1. The van der Waals surface area contributed by atoms with Crippen LogP contribution in [0, 0.1) is 20.8 Å². The first-order valence-electron chi connectivity index (χ1n) is 9.27. The molecule has 1 unspecified atom stereocenters. The highest BCUT2D eigenvalue weighted by atomic mass is 32.2. The second-order valence-corrected chi connectivity index (χ2v) is 9.07. The van der Waals surface area contributed by atoms with E-state index < -0.39 is 0 Å². The van der Waals surface area contributed by atoms with E-state index in [1.807, 2.05) is 44.4 Å². The summed E-state index contributed by atoms with van der Waals surface area (Å²) < 4.78 is 7.91. The minimum atomic E-state index is -0.359. The smallest absolute Gasteiger partial charge is 0.239 e. The molecular weight excluding hydrogens is 408 g/mol. The van der Waals surface area contributed by atoms with Crippen LogP contribution in [0.5, 0.6) is 5.75 Å². The van der Waals surface area contributed by atoms with Gasteiger partial charge in [-0.1, -0.05) is 40.8 Å². The Morgan fingerprint density at radius 1 is 1.24 bits per heavy atom. The average Bonchev–Trinajstić information content (AvgIpc) is 3.26. The Balaban J connectivity index is 1.64. The molecule has 3 aromatic rings. The van der Waals surface area contributed by atoms with Crippen LogP contribution in [-0.4, -0.2) is 36.1 Å². The van der Waals surface area contributed by atoms with Crippen molar-refractivity contribution < 1.29 is 9.53 Å². The minimum Gasteiger partial charge on any atom is -0.485 e. The van der Waals surface area contributed by atoms with Crippen LogP contribution in [0.3, 0.4) is 0 Å². The number of hydrogen-bond acceptors (Lipinski definition) is 8. The molecule has 1 atom stereocenters. The first-order chi connectivity index (χ1) is 13.9. The molecule has 29 heavy (non-hydrogen) atoms. The van der Waals surface area contributed by atoms with Gasteiger partial charge in [0.1, 0.15) is 17.4 Å². The van der Waals surface area contributed by atoms with Crippen molar-refractivity contribution in [2.75, 3.05) is 5.32 Å². The summed E-state index contributed by atoms with van der Waals surface area (Å²) in [4.78, 5) is 12.4. The SMILES string of the molecule is CCn1c(COc2ccc(C)cc2C)nnc1SC(C)C(=O)Nc1nnc(C)s1.